The van der Waals surface area contributed by atoms with Gasteiger partial charge < -0.3 is 0 Å². The zero-order chi connectivity index (χ0) is 21.7. The number of hydrogen-bond acceptors (Lipinski definition) is 4. The molecule has 156 valence electrons. The molecule has 0 saturated heterocycles. The molecule has 2 aromatic carbocycles. The number of pyridine rings is 1. The Morgan fingerprint density at radius 3 is 2.41 bits per heavy atom. The van der Waals surface area contributed by atoms with Crippen LogP contribution in [0.25, 0.3) is 27.3 Å². The van der Waals surface area contributed by atoms with Crippen LogP contribution >= 0.6 is 22.9 Å². The molecule has 2 atom stereocenters. The van der Waals surface area contributed by atoms with Gasteiger partial charge in [-0.25, -0.2) is 9.38 Å². The second-order valence-corrected chi connectivity index (χ2v) is 9.25. The van der Waals surface area contributed by atoms with Crippen LogP contribution in [0.3, 0.4) is 0 Å². The largest absolute Gasteiger partial charge is 0.278 e. The van der Waals surface area contributed by atoms with Crippen LogP contribution in [0, 0.1) is 0 Å². The Morgan fingerprint density at radius 2 is 1.66 bits per heavy atom. The van der Waals surface area contributed by atoms with Gasteiger partial charge in [-0.05, 0) is 40.7 Å². The summed E-state index contributed by atoms with van der Waals surface area (Å²) < 4.78 is 1.63. The van der Waals surface area contributed by atoms with Crippen molar-refractivity contribution in [3.8, 4) is 22.4 Å². The number of benzene rings is 2. The summed E-state index contributed by atoms with van der Waals surface area (Å²) in [6, 6.07) is 22.5. The molecule has 6 rings (SSSR count). The van der Waals surface area contributed by atoms with Gasteiger partial charge in [0.2, 0.25) is 0 Å². The van der Waals surface area contributed by atoms with Crippen molar-refractivity contribution in [2.75, 3.05) is 0 Å². The normalized spacial score (nSPS) is 17.5. The number of halogens is 1. The number of thiazole rings is 1. The first kappa shape index (κ1) is 19.4. The summed E-state index contributed by atoms with van der Waals surface area (Å²) in [5.41, 5.74) is 5.74. The highest BCUT2D eigenvalue weighted by Gasteiger charge is 2.43. The minimum Gasteiger partial charge on any atom is -0.267 e. The standard InChI is InChI=1S/C26H18ClN3OS/c27-23-24(21-13-20(21)19-7-4-12-28-14-19)29-26-30(25(23)31)22(15-32-26)18-10-8-17(9-11-18)16-5-2-1-3-6-16/h1-12,14-15,20-21H,13H2. The molecule has 4 nitrogen and oxygen atoms in total. The van der Waals surface area contributed by atoms with Crippen molar-refractivity contribution in [2.24, 2.45) is 0 Å². The molecule has 3 aromatic heterocycles. The lowest BCUT2D eigenvalue weighted by atomic mass is 10.0. The highest BCUT2D eigenvalue weighted by molar-refractivity contribution is 7.15. The second kappa shape index (κ2) is 7.69. The molecule has 1 fully saturated rings. The van der Waals surface area contributed by atoms with Crippen molar-refractivity contribution in [3.63, 3.8) is 0 Å². The van der Waals surface area contributed by atoms with Crippen molar-refractivity contribution in [2.45, 2.75) is 18.3 Å². The van der Waals surface area contributed by atoms with Crippen LogP contribution in [-0.2, 0) is 0 Å². The van der Waals surface area contributed by atoms with Crippen LogP contribution in [0.4, 0.5) is 0 Å². The van der Waals surface area contributed by atoms with Gasteiger partial charge in [0.05, 0.1) is 11.4 Å². The van der Waals surface area contributed by atoms with E-state index >= 15 is 0 Å². The van der Waals surface area contributed by atoms with Crippen molar-refractivity contribution in [1.82, 2.24) is 14.4 Å². The average molecular weight is 456 g/mol. The van der Waals surface area contributed by atoms with Gasteiger partial charge in [-0.3, -0.25) is 9.78 Å². The molecule has 1 aliphatic rings. The Hall–Kier alpha value is -3.28. The molecule has 0 amide bonds. The first-order valence-corrected chi connectivity index (χ1v) is 11.7. The molecular formula is C26H18ClN3OS. The Kier molecular flexibility index (Phi) is 4.67. The third-order valence-corrected chi connectivity index (χ3v) is 7.26. The van der Waals surface area contributed by atoms with Crippen molar-refractivity contribution < 1.29 is 0 Å². The Bertz CT molecular complexity index is 1480. The molecule has 32 heavy (non-hydrogen) atoms. The Morgan fingerprint density at radius 1 is 0.906 bits per heavy atom. The minimum absolute atomic E-state index is 0.167. The molecular weight excluding hydrogens is 438 g/mol. The van der Waals surface area contributed by atoms with Gasteiger partial charge in [-0.2, -0.15) is 0 Å². The molecule has 0 bridgehead atoms. The molecule has 0 N–H and O–H groups in total. The smallest absolute Gasteiger partial charge is 0.267 e. The molecule has 1 aliphatic carbocycles. The topological polar surface area (TPSA) is 47.3 Å². The van der Waals surface area contributed by atoms with Gasteiger partial charge in [0.25, 0.3) is 5.56 Å². The third-order valence-electron chi connectivity index (χ3n) is 6.08. The van der Waals surface area contributed by atoms with Crippen LogP contribution in [0.15, 0.2) is 89.3 Å². The van der Waals surface area contributed by atoms with Crippen molar-refractivity contribution >= 4 is 27.9 Å². The molecule has 5 aromatic rings. The van der Waals surface area contributed by atoms with E-state index in [-0.39, 0.29) is 16.5 Å². The number of nitrogens with zero attached hydrogens (tertiary/aromatic N) is 3. The van der Waals surface area contributed by atoms with Crippen molar-refractivity contribution in [1.29, 1.82) is 0 Å². The van der Waals surface area contributed by atoms with E-state index in [9.17, 15) is 4.79 Å². The first-order chi connectivity index (χ1) is 15.7. The van der Waals surface area contributed by atoms with E-state index < -0.39 is 0 Å². The minimum atomic E-state index is -0.202. The predicted octanol–water partition coefficient (Wildman–Crippen LogP) is 6.41. The van der Waals surface area contributed by atoms with E-state index in [0.29, 0.717) is 16.6 Å². The highest BCUT2D eigenvalue weighted by Crippen LogP contribution is 2.55. The lowest BCUT2D eigenvalue weighted by Crippen LogP contribution is -2.17. The quantitative estimate of drug-likeness (QED) is 0.314. The summed E-state index contributed by atoms with van der Waals surface area (Å²) in [5, 5.41) is 2.20. The summed E-state index contributed by atoms with van der Waals surface area (Å²) in [5.74, 6) is 0.487. The molecule has 2 unspecified atom stereocenters. The van der Waals surface area contributed by atoms with E-state index in [2.05, 4.69) is 35.3 Å². The maximum atomic E-state index is 13.3. The third kappa shape index (κ3) is 3.25. The Balaban J connectivity index is 1.37. The van der Waals surface area contributed by atoms with Crippen LogP contribution in [0.1, 0.15) is 29.5 Å². The number of rotatable bonds is 4. The summed E-state index contributed by atoms with van der Waals surface area (Å²) in [7, 11) is 0. The zero-order valence-corrected chi connectivity index (χ0v) is 18.6. The van der Waals surface area contributed by atoms with Crippen LogP contribution in [0.5, 0.6) is 0 Å². The van der Waals surface area contributed by atoms with E-state index in [1.54, 1.807) is 10.6 Å². The average Bonchev–Trinajstić information content (AvgIpc) is 3.54. The van der Waals surface area contributed by atoms with E-state index in [1.807, 2.05) is 48.0 Å². The summed E-state index contributed by atoms with van der Waals surface area (Å²) in [6.07, 6.45) is 4.59. The lowest BCUT2D eigenvalue weighted by Gasteiger charge is -2.07. The first-order valence-electron chi connectivity index (χ1n) is 10.5. The van der Waals surface area contributed by atoms with Gasteiger partial charge in [0.15, 0.2) is 4.96 Å². The maximum Gasteiger partial charge on any atom is 0.278 e. The fraction of sp³-hybridized carbons (Fsp3) is 0.115. The fourth-order valence-electron chi connectivity index (χ4n) is 4.32. The van der Waals surface area contributed by atoms with E-state index in [4.69, 9.17) is 16.6 Å². The number of aromatic nitrogens is 3. The molecule has 3 heterocycles. The van der Waals surface area contributed by atoms with Crippen LogP contribution < -0.4 is 5.56 Å². The summed E-state index contributed by atoms with van der Waals surface area (Å²) in [4.78, 5) is 23.0. The van der Waals surface area contributed by atoms with Crippen molar-refractivity contribution in [3.05, 3.63) is 111 Å². The molecule has 1 saturated carbocycles. The van der Waals surface area contributed by atoms with Gasteiger partial charge in [-0.1, -0.05) is 72.3 Å². The van der Waals surface area contributed by atoms with Gasteiger partial charge >= 0.3 is 0 Å². The van der Waals surface area contributed by atoms with Gasteiger partial charge in [-0.15, -0.1) is 11.3 Å². The lowest BCUT2D eigenvalue weighted by molar-refractivity contribution is 0.938. The molecule has 0 aliphatic heterocycles. The number of fused-ring (bicyclic) bond motifs is 1. The summed E-state index contributed by atoms with van der Waals surface area (Å²) >= 11 is 8.04. The molecule has 0 radical (unpaired) electrons. The summed E-state index contributed by atoms with van der Waals surface area (Å²) in [6.45, 7) is 0. The second-order valence-electron chi connectivity index (χ2n) is 8.03. The predicted molar refractivity (Wildman–Crippen MR) is 130 cm³/mol. The van der Waals surface area contributed by atoms with E-state index in [0.717, 1.165) is 28.8 Å². The van der Waals surface area contributed by atoms with Crippen LogP contribution in [0.2, 0.25) is 5.02 Å². The Labute approximate surface area is 193 Å². The monoisotopic (exact) mass is 455 g/mol. The highest BCUT2D eigenvalue weighted by atomic mass is 35.5. The zero-order valence-electron chi connectivity index (χ0n) is 17.0. The van der Waals surface area contributed by atoms with Crippen LogP contribution in [-0.4, -0.2) is 14.4 Å². The maximum absolute atomic E-state index is 13.3. The number of hydrogen-bond donors (Lipinski definition) is 0. The molecule has 0 spiro atoms. The molecule has 6 heteroatoms. The SMILES string of the molecule is O=c1c(Cl)c(C2CC2c2cccnc2)nc2scc(-c3ccc(-c4ccccc4)cc3)n12. The fourth-order valence-corrected chi connectivity index (χ4v) is 5.48. The van der Waals surface area contributed by atoms with Gasteiger partial charge in [0.1, 0.15) is 5.02 Å². The van der Waals surface area contributed by atoms with E-state index in [1.165, 1.54) is 16.9 Å². The van der Waals surface area contributed by atoms with Gasteiger partial charge in [0, 0.05) is 23.7 Å².